The number of amides is 1. The standard InChI is InChI=1S/C28H35FN2O6/c1-16(2)26-21(10-9-19(33)11-20(34)12-24(36)37)25(17-5-7-18(29)8-6-17)22-13-31(23(35)14-32)15-28(3,4)27(22)30-26/h5-10,16,19-20,32-34H,11-15H2,1-4H3,(H,36,37)/t19-,20-/m1/s1. The third-order valence-electron chi connectivity index (χ3n) is 6.52. The highest BCUT2D eigenvalue weighted by Crippen LogP contribution is 2.42. The van der Waals surface area contributed by atoms with E-state index in [2.05, 4.69) is 0 Å². The van der Waals surface area contributed by atoms with Gasteiger partial charge in [-0.2, -0.15) is 0 Å². The minimum Gasteiger partial charge on any atom is -0.481 e. The maximum Gasteiger partial charge on any atom is 0.305 e. The van der Waals surface area contributed by atoms with Crippen molar-refractivity contribution in [2.24, 2.45) is 0 Å². The van der Waals surface area contributed by atoms with E-state index < -0.39 is 48.3 Å². The van der Waals surface area contributed by atoms with Crippen LogP contribution < -0.4 is 0 Å². The number of fused-ring (bicyclic) bond motifs is 1. The zero-order chi connectivity index (χ0) is 27.5. The summed E-state index contributed by atoms with van der Waals surface area (Å²) < 4.78 is 13.8. The Morgan fingerprint density at radius 3 is 2.41 bits per heavy atom. The number of aliphatic hydroxyl groups is 3. The number of hydrogen-bond acceptors (Lipinski definition) is 6. The number of aromatic nitrogens is 1. The van der Waals surface area contributed by atoms with Crippen molar-refractivity contribution >= 4 is 18.0 Å². The molecule has 0 spiro atoms. The minimum absolute atomic E-state index is 0.0215. The summed E-state index contributed by atoms with van der Waals surface area (Å²) in [5.41, 5.74) is 3.94. The lowest BCUT2D eigenvalue weighted by Crippen LogP contribution is -2.47. The molecule has 1 aliphatic rings. The zero-order valence-corrected chi connectivity index (χ0v) is 21.6. The first-order valence-corrected chi connectivity index (χ1v) is 12.3. The van der Waals surface area contributed by atoms with Crippen LogP contribution in [0.4, 0.5) is 4.39 Å². The van der Waals surface area contributed by atoms with Gasteiger partial charge in [0.1, 0.15) is 12.4 Å². The van der Waals surface area contributed by atoms with Gasteiger partial charge in [-0.15, -0.1) is 0 Å². The van der Waals surface area contributed by atoms with Crippen molar-refractivity contribution in [2.75, 3.05) is 13.2 Å². The van der Waals surface area contributed by atoms with E-state index in [0.717, 1.165) is 22.5 Å². The Hall–Kier alpha value is -3.14. The molecule has 0 fully saturated rings. The molecular formula is C28H35FN2O6. The Balaban J connectivity index is 2.23. The van der Waals surface area contributed by atoms with Crippen LogP contribution in [0.3, 0.4) is 0 Å². The Labute approximate surface area is 216 Å². The highest BCUT2D eigenvalue weighted by Gasteiger charge is 2.38. The number of carbonyl (C=O) groups is 2. The van der Waals surface area contributed by atoms with E-state index >= 15 is 0 Å². The molecule has 3 rings (SSSR count). The van der Waals surface area contributed by atoms with E-state index in [1.165, 1.54) is 18.2 Å². The van der Waals surface area contributed by atoms with Gasteiger partial charge in [-0.3, -0.25) is 14.6 Å². The molecule has 2 aromatic rings. The van der Waals surface area contributed by atoms with Crippen LogP contribution in [0.5, 0.6) is 0 Å². The number of pyridine rings is 1. The molecule has 1 aliphatic heterocycles. The highest BCUT2D eigenvalue weighted by atomic mass is 19.1. The largest absolute Gasteiger partial charge is 0.481 e. The topological polar surface area (TPSA) is 131 Å². The number of nitrogens with zero attached hydrogens (tertiary/aromatic N) is 2. The number of halogens is 1. The third-order valence-corrected chi connectivity index (χ3v) is 6.52. The van der Waals surface area contributed by atoms with E-state index in [1.807, 2.05) is 27.7 Å². The van der Waals surface area contributed by atoms with Gasteiger partial charge in [-0.25, -0.2) is 4.39 Å². The fourth-order valence-corrected chi connectivity index (χ4v) is 4.85. The van der Waals surface area contributed by atoms with Gasteiger partial charge in [-0.05, 0) is 29.2 Å². The normalized spacial score (nSPS) is 16.6. The van der Waals surface area contributed by atoms with E-state index in [-0.39, 0.29) is 18.9 Å². The molecule has 8 nitrogen and oxygen atoms in total. The van der Waals surface area contributed by atoms with Crippen LogP contribution in [0.2, 0.25) is 0 Å². The number of carboxylic acids is 1. The number of aliphatic carboxylic acids is 1. The van der Waals surface area contributed by atoms with Crippen LogP contribution in [0.15, 0.2) is 30.3 Å². The molecule has 1 aromatic heterocycles. The van der Waals surface area contributed by atoms with Gasteiger partial charge in [0.2, 0.25) is 5.91 Å². The van der Waals surface area contributed by atoms with Crippen molar-refractivity contribution in [3.05, 3.63) is 58.7 Å². The van der Waals surface area contributed by atoms with Crippen LogP contribution in [0, 0.1) is 5.82 Å². The van der Waals surface area contributed by atoms with Gasteiger partial charge in [0.25, 0.3) is 0 Å². The Bertz CT molecular complexity index is 1180. The first kappa shape index (κ1) is 28.4. The van der Waals surface area contributed by atoms with Crippen molar-refractivity contribution in [3.63, 3.8) is 0 Å². The lowest BCUT2D eigenvalue weighted by atomic mass is 9.77. The highest BCUT2D eigenvalue weighted by molar-refractivity contribution is 5.83. The molecular weight excluding hydrogens is 479 g/mol. The van der Waals surface area contributed by atoms with Crippen LogP contribution >= 0.6 is 0 Å². The number of carbonyl (C=O) groups excluding carboxylic acids is 1. The van der Waals surface area contributed by atoms with E-state index in [1.54, 1.807) is 23.1 Å². The Morgan fingerprint density at radius 2 is 1.84 bits per heavy atom. The summed E-state index contributed by atoms with van der Waals surface area (Å²) in [7, 11) is 0. The maximum atomic E-state index is 13.8. The Kier molecular flexibility index (Phi) is 8.84. The molecule has 1 amide bonds. The molecule has 37 heavy (non-hydrogen) atoms. The van der Waals surface area contributed by atoms with E-state index in [4.69, 9.17) is 10.1 Å². The SMILES string of the molecule is CC(C)c1nc2c(c(-c3ccc(F)cc3)c1C=C[C@@H](O)C[C@@H](O)CC(=O)O)CN(C(=O)CO)CC2(C)C. The second kappa shape index (κ2) is 11.5. The van der Waals surface area contributed by atoms with Gasteiger partial charge < -0.3 is 25.3 Å². The summed E-state index contributed by atoms with van der Waals surface area (Å²) in [6.45, 7) is 7.91. The van der Waals surface area contributed by atoms with Crippen LogP contribution in [-0.4, -0.2) is 67.5 Å². The number of hydrogen-bond donors (Lipinski definition) is 4. The fraction of sp³-hybridized carbons (Fsp3) is 0.464. The number of aliphatic hydroxyl groups excluding tert-OH is 3. The second-order valence-corrected chi connectivity index (χ2v) is 10.5. The lowest BCUT2D eigenvalue weighted by molar-refractivity contribution is -0.139. The number of carboxylic acid groups (broad SMARTS) is 1. The van der Waals surface area contributed by atoms with Crippen molar-refractivity contribution in [3.8, 4) is 11.1 Å². The van der Waals surface area contributed by atoms with Crippen LogP contribution in [0.1, 0.15) is 69.0 Å². The minimum atomic E-state index is -1.21. The first-order valence-electron chi connectivity index (χ1n) is 12.3. The fourth-order valence-electron chi connectivity index (χ4n) is 4.85. The van der Waals surface area contributed by atoms with Gasteiger partial charge in [0.15, 0.2) is 0 Å². The molecule has 2 heterocycles. The predicted octanol–water partition coefficient (Wildman–Crippen LogP) is 3.22. The van der Waals surface area contributed by atoms with Crippen LogP contribution in [-0.2, 0) is 21.5 Å². The van der Waals surface area contributed by atoms with Crippen molar-refractivity contribution in [1.29, 1.82) is 0 Å². The second-order valence-electron chi connectivity index (χ2n) is 10.5. The molecule has 0 saturated heterocycles. The molecule has 1 aromatic carbocycles. The molecule has 0 radical (unpaired) electrons. The quantitative estimate of drug-likeness (QED) is 0.404. The molecule has 0 unspecified atom stereocenters. The number of rotatable bonds is 9. The zero-order valence-electron chi connectivity index (χ0n) is 21.6. The monoisotopic (exact) mass is 514 g/mol. The van der Waals surface area contributed by atoms with Gasteiger partial charge in [0.05, 0.1) is 30.0 Å². The van der Waals surface area contributed by atoms with Crippen molar-refractivity contribution < 1.29 is 34.4 Å². The smallest absolute Gasteiger partial charge is 0.305 e. The molecule has 2 atom stereocenters. The molecule has 9 heteroatoms. The molecule has 0 aliphatic carbocycles. The van der Waals surface area contributed by atoms with Gasteiger partial charge in [0, 0.05) is 36.1 Å². The summed E-state index contributed by atoms with van der Waals surface area (Å²) in [5.74, 6) is -1.98. The van der Waals surface area contributed by atoms with Gasteiger partial charge >= 0.3 is 5.97 Å². The summed E-state index contributed by atoms with van der Waals surface area (Å²) in [6.07, 6.45) is 0.217. The molecule has 0 saturated carbocycles. The average Bonchev–Trinajstić information content (AvgIpc) is 2.80. The van der Waals surface area contributed by atoms with Gasteiger partial charge in [-0.1, -0.05) is 52.0 Å². The molecule has 4 N–H and O–H groups in total. The average molecular weight is 515 g/mol. The predicted molar refractivity (Wildman–Crippen MR) is 137 cm³/mol. The lowest BCUT2D eigenvalue weighted by Gasteiger charge is -2.41. The van der Waals surface area contributed by atoms with Crippen molar-refractivity contribution in [2.45, 2.75) is 70.6 Å². The first-order chi connectivity index (χ1) is 17.3. The van der Waals surface area contributed by atoms with E-state index in [0.29, 0.717) is 17.7 Å². The Morgan fingerprint density at radius 1 is 1.19 bits per heavy atom. The van der Waals surface area contributed by atoms with Crippen LogP contribution in [0.25, 0.3) is 17.2 Å². The maximum absolute atomic E-state index is 13.8. The summed E-state index contributed by atoms with van der Waals surface area (Å²) >= 11 is 0. The summed E-state index contributed by atoms with van der Waals surface area (Å²) in [6, 6.07) is 6.01. The number of benzene rings is 1. The summed E-state index contributed by atoms with van der Waals surface area (Å²) in [4.78, 5) is 30.0. The molecule has 200 valence electrons. The van der Waals surface area contributed by atoms with Crippen molar-refractivity contribution in [1.82, 2.24) is 9.88 Å². The third kappa shape index (κ3) is 6.60. The molecule has 0 bridgehead atoms. The summed E-state index contributed by atoms with van der Waals surface area (Å²) in [5, 5.41) is 38.8. The van der Waals surface area contributed by atoms with E-state index in [9.17, 15) is 29.3 Å².